The standard InChI is InChI=1S/C10H11BrN4O2S/c1-7-5-8(6-12-10(7)11)14-18(16,17)9-3-4-13-15(9)2/h3-6,14H,1-2H3. The van der Waals surface area contributed by atoms with Crippen LogP contribution in [-0.4, -0.2) is 23.2 Å². The summed E-state index contributed by atoms with van der Waals surface area (Å²) in [4.78, 5) is 4.03. The summed E-state index contributed by atoms with van der Waals surface area (Å²) in [6, 6.07) is 3.13. The Morgan fingerprint density at radius 3 is 2.72 bits per heavy atom. The third kappa shape index (κ3) is 2.54. The Kier molecular flexibility index (Phi) is 3.40. The normalized spacial score (nSPS) is 11.5. The number of rotatable bonds is 3. The summed E-state index contributed by atoms with van der Waals surface area (Å²) < 4.78 is 28.6. The molecular weight excluding hydrogens is 320 g/mol. The van der Waals surface area contributed by atoms with Gasteiger partial charge in [0.2, 0.25) is 0 Å². The van der Waals surface area contributed by atoms with E-state index in [-0.39, 0.29) is 5.03 Å². The smallest absolute Gasteiger partial charge is 0.277 e. The van der Waals surface area contributed by atoms with Crippen LogP contribution >= 0.6 is 15.9 Å². The minimum Gasteiger partial charge on any atom is -0.277 e. The molecule has 0 spiro atoms. The molecule has 0 radical (unpaired) electrons. The van der Waals surface area contributed by atoms with Crippen molar-refractivity contribution >= 4 is 31.6 Å². The van der Waals surface area contributed by atoms with Crippen LogP contribution in [0.3, 0.4) is 0 Å². The van der Waals surface area contributed by atoms with Gasteiger partial charge in [0.1, 0.15) is 4.60 Å². The number of hydrogen-bond donors (Lipinski definition) is 1. The molecule has 0 bridgehead atoms. The van der Waals surface area contributed by atoms with Crippen molar-refractivity contribution < 1.29 is 8.42 Å². The van der Waals surface area contributed by atoms with E-state index in [0.717, 1.165) is 5.56 Å². The van der Waals surface area contributed by atoms with Gasteiger partial charge in [-0.05, 0) is 40.5 Å². The molecule has 18 heavy (non-hydrogen) atoms. The monoisotopic (exact) mass is 330 g/mol. The van der Waals surface area contributed by atoms with Gasteiger partial charge in [-0.2, -0.15) is 13.5 Å². The number of pyridine rings is 1. The maximum atomic E-state index is 12.1. The third-order valence-corrected chi connectivity index (χ3v) is 4.60. The summed E-state index contributed by atoms with van der Waals surface area (Å²) in [5.74, 6) is 0. The molecule has 2 aromatic rings. The van der Waals surface area contributed by atoms with E-state index in [1.54, 1.807) is 13.1 Å². The van der Waals surface area contributed by atoms with Crippen LogP contribution < -0.4 is 4.72 Å². The molecule has 0 aliphatic carbocycles. The number of hydrogen-bond acceptors (Lipinski definition) is 4. The summed E-state index contributed by atoms with van der Waals surface area (Å²) in [6.07, 6.45) is 2.88. The Labute approximate surface area is 113 Å². The van der Waals surface area contributed by atoms with Crippen molar-refractivity contribution in [2.45, 2.75) is 11.9 Å². The fourth-order valence-electron chi connectivity index (χ4n) is 1.45. The number of anilines is 1. The maximum Gasteiger partial charge on any atom is 0.279 e. The fourth-order valence-corrected chi connectivity index (χ4v) is 2.83. The van der Waals surface area contributed by atoms with Gasteiger partial charge in [-0.25, -0.2) is 4.98 Å². The molecule has 1 N–H and O–H groups in total. The first-order valence-electron chi connectivity index (χ1n) is 5.03. The van der Waals surface area contributed by atoms with E-state index < -0.39 is 10.0 Å². The van der Waals surface area contributed by atoms with Crippen LogP contribution in [0, 0.1) is 6.92 Å². The van der Waals surface area contributed by atoms with Gasteiger partial charge in [0.25, 0.3) is 10.0 Å². The first kappa shape index (κ1) is 13.0. The van der Waals surface area contributed by atoms with Gasteiger partial charge in [0.05, 0.1) is 18.1 Å². The zero-order chi connectivity index (χ0) is 13.3. The SMILES string of the molecule is Cc1cc(NS(=O)(=O)c2ccnn2C)cnc1Br. The quantitative estimate of drug-likeness (QED) is 0.869. The number of nitrogens with one attached hydrogen (secondary N) is 1. The van der Waals surface area contributed by atoms with Gasteiger partial charge < -0.3 is 0 Å². The van der Waals surface area contributed by atoms with E-state index in [9.17, 15) is 8.42 Å². The lowest BCUT2D eigenvalue weighted by Gasteiger charge is -2.08. The van der Waals surface area contributed by atoms with Crippen molar-refractivity contribution in [1.82, 2.24) is 14.8 Å². The molecule has 0 aromatic carbocycles. The molecule has 0 fully saturated rings. The predicted octanol–water partition coefficient (Wildman–Crippen LogP) is 1.69. The average Bonchev–Trinajstić information content (AvgIpc) is 2.70. The average molecular weight is 331 g/mol. The molecule has 0 aliphatic rings. The first-order valence-corrected chi connectivity index (χ1v) is 7.31. The molecule has 6 nitrogen and oxygen atoms in total. The van der Waals surface area contributed by atoms with E-state index in [0.29, 0.717) is 10.3 Å². The number of halogens is 1. The minimum atomic E-state index is -3.64. The van der Waals surface area contributed by atoms with Gasteiger partial charge >= 0.3 is 0 Å². The van der Waals surface area contributed by atoms with Crippen molar-refractivity contribution in [3.05, 3.63) is 34.7 Å². The highest BCUT2D eigenvalue weighted by Crippen LogP contribution is 2.19. The Morgan fingerprint density at radius 2 is 2.17 bits per heavy atom. The molecule has 2 aromatic heterocycles. The highest BCUT2D eigenvalue weighted by molar-refractivity contribution is 9.10. The van der Waals surface area contributed by atoms with Crippen molar-refractivity contribution in [2.75, 3.05) is 4.72 Å². The predicted molar refractivity (Wildman–Crippen MR) is 70.7 cm³/mol. The molecule has 96 valence electrons. The van der Waals surface area contributed by atoms with Crippen molar-refractivity contribution in [3.8, 4) is 0 Å². The molecule has 2 rings (SSSR count). The van der Waals surface area contributed by atoms with Crippen molar-refractivity contribution in [3.63, 3.8) is 0 Å². The number of aryl methyl sites for hydroxylation is 2. The summed E-state index contributed by atoms with van der Waals surface area (Å²) >= 11 is 3.26. The molecular formula is C10H11BrN4O2S. The van der Waals surface area contributed by atoms with Crippen LogP contribution in [0.15, 0.2) is 34.2 Å². The lowest BCUT2D eigenvalue weighted by molar-refractivity contribution is 0.582. The van der Waals surface area contributed by atoms with E-state index in [4.69, 9.17) is 0 Å². The second-order valence-corrected chi connectivity index (χ2v) is 6.11. The Morgan fingerprint density at radius 1 is 1.44 bits per heavy atom. The zero-order valence-electron chi connectivity index (χ0n) is 9.75. The van der Waals surface area contributed by atoms with Crippen LogP contribution in [0.25, 0.3) is 0 Å². The molecule has 0 atom stereocenters. The Hall–Kier alpha value is -1.41. The number of sulfonamides is 1. The van der Waals surface area contributed by atoms with Crippen LogP contribution in [0.2, 0.25) is 0 Å². The maximum absolute atomic E-state index is 12.1. The molecule has 8 heteroatoms. The summed E-state index contributed by atoms with van der Waals surface area (Å²) in [6.45, 7) is 1.83. The molecule has 0 saturated carbocycles. The topological polar surface area (TPSA) is 76.9 Å². The summed E-state index contributed by atoms with van der Waals surface area (Å²) in [5.41, 5.74) is 1.26. The molecule has 0 saturated heterocycles. The zero-order valence-corrected chi connectivity index (χ0v) is 12.2. The van der Waals surface area contributed by atoms with Gasteiger partial charge in [-0.3, -0.25) is 9.40 Å². The van der Waals surface area contributed by atoms with Crippen LogP contribution in [0.1, 0.15) is 5.56 Å². The van der Waals surface area contributed by atoms with Gasteiger partial charge in [0.15, 0.2) is 5.03 Å². The van der Waals surface area contributed by atoms with Crippen LogP contribution in [0.4, 0.5) is 5.69 Å². The fraction of sp³-hybridized carbons (Fsp3) is 0.200. The first-order chi connectivity index (χ1) is 8.40. The van der Waals surface area contributed by atoms with E-state index >= 15 is 0 Å². The Balaban J connectivity index is 2.34. The van der Waals surface area contributed by atoms with Gasteiger partial charge in [-0.15, -0.1) is 0 Å². The summed E-state index contributed by atoms with van der Waals surface area (Å²) in [5, 5.41) is 3.93. The highest BCUT2D eigenvalue weighted by Gasteiger charge is 2.18. The highest BCUT2D eigenvalue weighted by atomic mass is 79.9. The van der Waals surface area contributed by atoms with E-state index in [1.165, 1.54) is 23.1 Å². The van der Waals surface area contributed by atoms with Crippen molar-refractivity contribution in [1.29, 1.82) is 0 Å². The van der Waals surface area contributed by atoms with Crippen LogP contribution in [0.5, 0.6) is 0 Å². The van der Waals surface area contributed by atoms with Gasteiger partial charge in [-0.1, -0.05) is 0 Å². The second kappa shape index (κ2) is 4.69. The lowest BCUT2D eigenvalue weighted by Crippen LogP contribution is -2.16. The lowest BCUT2D eigenvalue weighted by atomic mass is 10.3. The van der Waals surface area contributed by atoms with Crippen LogP contribution in [-0.2, 0) is 17.1 Å². The van der Waals surface area contributed by atoms with Gasteiger partial charge in [0, 0.05) is 7.05 Å². The second-order valence-electron chi connectivity index (χ2n) is 3.73. The molecule has 0 unspecified atom stereocenters. The van der Waals surface area contributed by atoms with E-state index in [2.05, 4.69) is 30.7 Å². The largest absolute Gasteiger partial charge is 0.279 e. The molecule has 2 heterocycles. The van der Waals surface area contributed by atoms with E-state index in [1.807, 2.05) is 6.92 Å². The number of nitrogens with zero attached hydrogens (tertiary/aromatic N) is 3. The molecule has 0 aliphatic heterocycles. The summed E-state index contributed by atoms with van der Waals surface area (Å²) in [7, 11) is -2.07. The minimum absolute atomic E-state index is 0.100. The molecule has 0 amide bonds. The Bertz CT molecular complexity index is 681. The third-order valence-electron chi connectivity index (χ3n) is 2.32. The van der Waals surface area contributed by atoms with Crippen molar-refractivity contribution in [2.24, 2.45) is 7.05 Å². The number of aromatic nitrogens is 3.